The molecule has 0 aliphatic heterocycles. The summed E-state index contributed by atoms with van der Waals surface area (Å²) in [6, 6.07) is 9.05. The zero-order valence-electron chi connectivity index (χ0n) is 13.2. The molecule has 1 N–H and O–H groups in total. The van der Waals surface area contributed by atoms with Crippen molar-refractivity contribution in [3.8, 4) is 11.8 Å². The van der Waals surface area contributed by atoms with Crippen molar-refractivity contribution in [1.29, 1.82) is 5.26 Å². The zero-order chi connectivity index (χ0) is 17.8. The molecule has 0 unspecified atom stereocenters. The van der Waals surface area contributed by atoms with Crippen molar-refractivity contribution >= 4 is 11.7 Å². The number of amides is 1. The van der Waals surface area contributed by atoms with E-state index in [0.29, 0.717) is 11.6 Å². The highest BCUT2D eigenvalue weighted by Crippen LogP contribution is 2.14. The van der Waals surface area contributed by atoms with Crippen LogP contribution in [0.4, 0.5) is 10.2 Å². The number of ether oxygens (including phenoxy) is 1. The molecule has 0 saturated carbocycles. The molecule has 0 saturated heterocycles. The predicted octanol–water partition coefficient (Wildman–Crippen LogP) is 1.92. The van der Waals surface area contributed by atoms with E-state index in [1.165, 1.54) is 45.9 Å². The molecule has 126 valence electrons. The number of benzene rings is 1. The van der Waals surface area contributed by atoms with Gasteiger partial charge in [0.2, 0.25) is 0 Å². The molecule has 1 aromatic carbocycles. The van der Waals surface area contributed by atoms with Crippen LogP contribution in [0.5, 0.6) is 5.75 Å². The van der Waals surface area contributed by atoms with E-state index in [1.807, 2.05) is 6.07 Å². The normalized spacial score (nSPS) is 10.3. The Kier molecular flexibility index (Phi) is 4.43. The Bertz CT molecular complexity index is 938. The maximum atomic E-state index is 12.8. The maximum absolute atomic E-state index is 12.8. The van der Waals surface area contributed by atoms with Crippen LogP contribution in [0.2, 0.25) is 0 Å². The maximum Gasteiger partial charge on any atom is 0.277 e. The highest BCUT2D eigenvalue weighted by atomic mass is 19.1. The first-order chi connectivity index (χ1) is 12.1. The zero-order valence-corrected chi connectivity index (χ0v) is 13.2. The smallest absolute Gasteiger partial charge is 0.277 e. The van der Waals surface area contributed by atoms with Gasteiger partial charge in [-0.25, -0.2) is 9.07 Å². The summed E-state index contributed by atoms with van der Waals surface area (Å²) in [6.07, 6.45) is 2.94. The van der Waals surface area contributed by atoms with Gasteiger partial charge in [0.25, 0.3) is 5.91 Å². The van der Waals surface area contributed by atoms with Crippen molar-refractivity contribution in [3.05, 3.63) is 59.8 Å². The molecule has 0 bridgehead atoms. The number of nitrogens with zero attached hydrogens (tertiary/aromatic N) is 5. The van der Waals surface area contributed by atoms with Crippen LogP contribution in [-0.2, 0) is 13.8 Å². The molecule has 9 heteroatoms. The van der Waals surface area contributed by atoms with Gasteiger partial charge in [-0.2, -0.15) is 15.5 Å². The SMILES string of the molecule is Cn1ncc(C#N)c1NC(=O)c1ccn(COc2ccc(F)cc2)n1. The van der Waals surface area contributed by atoms with Gasteiger partial charge in [-0.05, 0) is 30.3 Å². The van der Waals surface area contributed by atoms with Gasteiger partial charge in [-0.15, -0.1) is 0 Å². The summed E-state index contributed by atoms with van der Waals surface area (Å²) < 4.78 is 21.1. The molecule has 1 amide bonds. The van der Waals surface area contributed by atoms with Gasteiger partial charge in [0, 0.05) is 13.2 Å². The Morgan fingerprint density at radius 1 is 1.36 bits per heavy atom. The topological polar surface area (TPSA) is 97.8 Å². The van der Waals surface area contributed by atoms with Gasteiger partial charge < -0.3 is 10.1 Å². The van der Waals surface area contributed by atoms with E-state index in [2.05, 4.69) is 15.5 Å². The minimum atomic E-state index is -0.472. The molecule has 25 heavy (non-hydrogen) atoms. The molecular formula is C16H13FN6O2. The van der Waals surface area contributed by atoms with Crippen molar-refractivity contribution in [1.82, 2.24) is 19.6 Å². The summed E-state index contributed by atoms with van der Waals surface area (Å²) in [5.41, 5.74) is 0.419. The Morgan fingerprint density at radius 3 is 2.84 bits per heavy atom. The van der Waals surface area contributed by atoms with Gasteiger partial charge >= 0.3 is 0 Å². The van der Waals surface area contributed by atoms with Crippen molar-refractivity contribution in [2.45, 2.75) is 6.73 Å². The fourth-order valence-corrected chi connectivity index (χ4v) is 2.07. The fourth-order valence-electron chi connectivity index (χ4n) is 2.07. The number of anilines is 1. The summed E-state index contributed by atoms with van der Waals surface area (Å²) in [5.74, 6) is -0.0426. The molecule has 8 nitrogen and oxygen atoms in total. The second-order valence-corrected chi connectivity index (χ2v) is 5.06. The average molecular weight is 340 g/mol. The number of carbonyl (C=O) groups excluding carboxylic acids is 1. The van der Waals surface area contributed by atoms with E-state index in [9.17, 15) is 9.18 Å². The molecule has 0 fully saturated rings. The Labute approximate surface area is 142 Å². The third-order valence-corrected chi connectivity index (χ3v) is 3.34. The van der Waals surface area contributed by atoms with Crippen molar-refractivity contribution < 1.29 is 13.9 Å². The predicted molar refractivity (Wildman–Crippen MR) is 85.1 cm³/mol. The van der Waals surface area contributed by atoms with Gasteiger partial charge in [0.1, 0.15) is 29.0 Å². The summed E-state index contributed by atoms with van der Waals surface area (Å²) in [7, 11) is 1.62. The molecule has 2 heterocycles. The van der Waals surface area contributed by atoms with Crippen LogP contribution in [0.1, 0.15) is 16.1 Å². The number of hydrogen-bond donors (Lipinski definition) is 1. The lowest BCUT2D eigenvalue weighted by atomic mass is 10.3. The number of rotatable bonds is 5. The number of nitrogens with one attached hydrogen (secondary N) is 1. The molecule has 0 radical (unpaired) electrons. The van der Waals surface area contributed by atoms with Gasteiger partial charge in [-0.1, -0.05) is 0 Å². The first-order valence-corrected chi connectivity index (χ1v) is 7.22. The van der Waals surface area contributed by atoms with Gasteiger partial charge in [0.15, 0.2) is 12.4 Å². The second-order valence-electron chi connectivity index (χ2n) is 5.06. The summed E-state index contributed by atoms with van der Waals surface area (Å²) in [4.78, 5) is 12.2. The minimum absolute atomic E-state index is 0.0636. The standard InChI is InChI=1S/C16H13FN6O2/c1-22-15(11(8-18)9-19-22)20-16(24)14-6-7-23(21-14)10-25-13-4-2-12(17)3-5-13/h2-7,9H,10H2,1H3,(H,20,24). The number of nitriles is 1. The number of halogens is 1. The van der Waals surface area contributed by atoms with Crippen molar-refractivity contribution in [2.24, 2.45) is 7.05 Å². The largest absolute Gasteiger partial charge is 0.471 e. The molecule has 3 aromatic rings. The summed E-state index contributed by atoms with van der Waals surface area (Å²) >= 11 is 0. The van der Waals surface area contributed by atoms with Crippen LogP contribution < -0.4 is 10.1 Å². The molecule has 0 aliphatic rings. The summed E-state index contributed by atoms with van der Waals surface area (Å²) in [5, 5.41) is 19.6. The average Bonchev–Trinajstić information content (AvgIpc) is 3.22. The van der Waals surface area contributed by atoms with E-state index in [4.69, 9.17) is 10.00 Å². The highest BCUT2D eigenvalue weighted by molar-refractivity contribution is 6.02. The Morgan fingerprint density at radius 2 is 2.12 bits per heavy atom. The van der Waals surface area contributed by atoms with E-state index in [0.717, 1.165) is 0 Å². The molecule has 0 aliphatic carbocycles. The van der Waals surface area contributed by atoms with Crippen LogP contribution in [0.3, 0.4) is 0 Å². The fraction of sp³-hybridized carbons (Fsp3) is 0.125. The van der Waals surface area contributed by atoms with Gasteiger partial charge in [-0.3, -0.25) is 9.48 Å². The van der Waals surface area contributed by atoms with Crippen LogP contribution in [-0.4, -0.2) is 25.5 Å². The Balaban J connectivity index is 1.64. The monoisotopic (exact) mass is 340 g/mol. The van der Waals surface area contributed by atoms with E-state index in [1.54, 1.807) is 13.2 Å². The number of hydrogen-bond acceptors (Lipinski definition) is 5. The molecule has 3 rings (SSSR count). The number of aromatic nitrogens is 4. The van der Waals surface area contributed by atoms with Gasteiger partial charge in [0.05, 0.1) is 6.20 Å². The first-order valence-electron chi connectivity index (χ1n) is 7.22. The number of aryl methyl sites for hydroxylation is 1. The van der Waals surface area contributed by atoms with E-state index >= 15 is 0 Å². The summed E-state index contributed by atoms with van der Waals surface area (Å²) in [6.45, 7) is 0.0636. The quantitative estimate of drug-likeness (QED) is 0.765. The van der Waals surface area contributed by atoms with E-state index < -0.39 is 5.91 Å². The van der Waals surface area contributed by atoms with E-state index in [-0.39, 0.29) is 23.8 Å². The number of carbonyl (C=O) groups is 1. The lowest BCUT2D eigenvalue weighted by Gasteiger charge is -2.06. The van der Waals surface area contributed by atoms with Crippen LogP contribution in [0, 0.1) is 17.1 Å². The van der Waals surface area contributed by atoms with Crippen LogP contribution in [0.15, 0.2) is 42.7 Å². The molecular weight excluding hydrogens is 327 g/mol. The highest BCUT2D eigenvalue weighted by Gasteiger charge is 2.15. The molecule has 0 spiro atoms. The van der Waals surface area contributed by atoms with Crippen molar-refractivity contribution in [2.75, 3.05) is 5.32 Å². The molecule has 0 atom stereocenters. The Hall–Kier alpha value is -3.67. The minimum Gasteiger partial charge on any atom is -0.471 e. The second kappa shape index (κ2) is 6.84. The lowest BCUT2D eigenvalue weighted by molar-refractivity contribution is 0.101. The van der Waals surface area contributed by atoms with Crippen LogP contribution >= 0.6 is 0 Å². The van der Waals surface area contributed by atoms with Crippen molar-refractivity contribution in [3.63, 3.8) is 0 Å². The third kappa shape index (κ3) is 3.64. The lowest BCUT2D eigenvalue weighted by Crippen LogP contribution is -2.17. The third-order valence-electron chi connectivity index (χ3n) is 3.34. The first kappa shape index (κ1) is 16.2. The molecule has 2 aromatic heterocycles. The van der Waals surface area contributed by atoms with Crippen LogP contribution in [0.25, 0.3) is 0 Å².